The normalized spacial score (nSPS) is 29.8. The zero-order chi connectivity index (χ0) is 9.68. The van der Waals surface area contributed by atoms with Crippen molar-refractivity contribution in [3.63, 3.8) is 0 Å². The second kappa shape index (κ2) is 5.64. The van der Waals surface area contributed by atoms with Gasteiger partial charge in [0.2, 0.25) is 0 Å². The summed E-state index contributed by atoms with van der Waals surface area (Å²) in [5.41, 5.74) is 0. The fraction of sp³-hybridized carbons (Fsp3) is 1.00. The van der Waals surface area contributed by atoms with Crippen molar-refractivity contribution in [1.82, 2.24) is 4.90 Å². The largest absolute Gasteiger partial charge is 0.300 e. The van der Waals surface area contributed by atoms with Crippen LogP contribution in [0.4, 0.5) is 0 Å². The molecule has 0 aromatic rings. The van der Waals surface area contributed by atoms with Gasteiger partial charge in [0.05, 0.1) is 0 Å². The Morgan fingerprint density at radius 3 is 2.15 bits per heavy atom. The number of unbranched alkanes of at least 4 members (excludes halogenated alkanes) is 1. The summed E-state index contributed by atoms with van der Waals surface area (Å²) in [5.74, 6) is 0. The van der Waals surface area contributed by atoms with Crippen molar-refractivity contribution in [2.24, 2.45) is 0 Å². The molecule has 0 bridgehead atoms. The summed E-state index contributed by atoms with van der Waals surface area (Å²) in [6.07, 6.45) is 9.82. The first kappa shape index (κ1) is 11.0. The number of hydrogen-bond acceptors (Lipinski definition) is 1. The van der Waals surface area contributed by atoms with E-state index in [1.165, 1.54) is 44.9 Å². The highest BCUT2D eigenvalue weighted by Gasteiger charge is 2.28. The maximum atomic E-state index is 2.64. The standard InChI is InChI=1S/C12H25N/c1-4-6-8-12-10-9-11(7-5-2)13(12)3/h11-12H,4-10H2,1-3H3. The van der Waals surface area contributed by atoms with E-state index < -0.39 is 0 Å². The maximum Gasteiger partial charge on any atom is 0.00957 e. The molecule has 1 aliphatic heterocycles. The van der Waals surface area contributed by atoms with Crippen LogP contribution >= 0.6 is 0 Å². The molecular formula is C12H25N. The molecule has 1 rings (SSSR count). The van der Waals surface area contributed by atoms with Gasteiger partial charge in [0, 0.05) is 12.1 Å². The predicted molar refractivity (Wildman–Crippen MR) is 59.0 cm³/mol. The molecule has 0 aliphatic carbocycles. The van der Waals surface area contributed by atoms with Crippen LogP contribution in [0.15, 0.2) is 0 Å². The molecule has 0 saturated carbocycles. The third-order valence-electron chi connectivity index (χ3n) is 3.50. The first-order valence-electron chi connectivity index (χ1n) is 6.01. The van der Waals surface area contributed by atoms with Gasteiger partial charge in [-0.3, -0.25) is 0 Å². The van der Waals surface area contributed by atoms with Crippen LogP contribution in [0.25, 0.3) is 0 Å². The van der Waals surface area contributed by atoms with Crippen LogP contribution in [-0.2, 0) is 0 Å². The Kier molecular flexibility index (Phi) is 4.79. The Morgan fingerprint density at radius 1 is 1.00 bits per heavy atom. The van der Waals surface area contributed by atoms with Crippen LogP contribution < -0.4 is 0 Å². The molecule has 13 heavy (non-hydrogen) atoms. The van der Waals surface area contributed by atoms with Crippen molar-refractivity contribution in [3.05, 3.63) is 0 Å². The molecule has 1 saturated heterocycles. The molecule has 2 atom stereocenters. The van der Waals surface area contributed by atoms with E-state index in [-0.39, 0.29) is 0 Å². The van der Waals surface area contributed by atoms with Gasteiger partial charge in [0.1, 0.15) is 0 Å². The topological polar surface area (TPSA) is 3.24 Å². The minimum Gasteiger partial charge on any atom is -0.300 e. The van der Waals surface area contributed by atoms with Crippen molar-refractivity contribution >= 4 is 0 Å². The van der Waals surface area contributed by atoms with Crippen molar-refractivity contribution < 1.29 is 0 Å². The van der Waals surface area contributed by atoms with E-state index in [2.05, 4.69) is 25.8 Å². The summed E-state index contributed by atoms with van der Waals surface area (Å²) in [6.45, 7) is 4.59. The van der Waals surface area contributed by atoms with Gasteiger partial charge in [-0.15, -0.1) is 0 Å². The van der Waals surface area contributed by atoms with Gasteiger partial charge in [-0.2, -0.15) is 0 Å². The molecule has 78 valence electrons. The zero-order valence-corrected chi connectivity index (χ0v) is 9.55. The second-order valence-corrected chi connectivity index (χ2v) is 4.48. The predicted octanol–water partition coefficient (Wildman–Crippen LogP) is 3.44. The molecular weight excluding hydrogens is 158 g/mol. The highest BCUT2D eigenvalue weighted by Crippen LogP contribution is 2.28. The lowest BCUT2D eigenvalue weighted by Crippen LogP contribution is -2.31. The quantitative estimate of drug-likeness (QED) is 0.631. The van der Waals surface area contributed by atoms with Gasteiger partial charge in [0.25, 0.3) is 0 Å². The van der Waals surface area contributed by atoms with Crippen molar-refractivity contribution in [2.45, 2.75) is 70.9 Å². The molecule has 1 heterocycles. The van der Waals surface area contributed by atoms with Gasteiger partial charge in [0.15, 0.2) is 0 Å². The van der Waals surface area contributed by atoms with E-state index in [1.54, 1.807) is 0 Å². The van der Waals surface area contributed by atoms with Gasteiger partial charge in [-0.1, -0.05) is 33.1 Å². The molecule has 1 fully saturated rings. The van der Waals surface area contributed by atoms with Crippen LogP contribution in [0.2, 0.25) is 0 Å². The van der Waals surface area contributed by atoms with E-state index in [0.29, 0.717) is 0 Å². The fourth-order valence-electron chi connectivity index (χ4n) is 2.56. The molecule has 0 amide bonds. The first-order valence-corrected chi connectivity index (χ1v) is 6.01. The van der Waals surface area contributed by atoms with E-state index in [9.17, 15) is 0 Å². The highest BCUT2D eigenvalue weighted by atomic mass is 15.2. The van der Waals surface area contributed by atoms with Gasteiger partial charge < -0.3 is 4.90 Å². The van der Waals surface area contributed by atoms with Gasteiger partial charge in [-0.05, 0) is 32.7 Å². The SMILES string of the molecule is CCCCC1CCC(CCC)N1C. The monoisotopic (exact) mass is 183 g/mol. The lowest BCUT2D eigenvalue weighted by Gasteiger charge is -2.25. The highest BCUT2D eigenvalue weighted by molar-refractivity contribution is 4.84. The van der Waals surface area contributed by atoms with Crippen LogP contribution in [-0.4, -0.2) is 24.0 Å². The molecule has 1 heteroatoms. The lowest BCUT2D eigenvalue weighted by molar-refractivity contribution is 0.219. The summed E-state index contributed by atoms with van der Waals surface area (Å²) in [7, 11) is 2.33. The average Bonchev–Trinajstić information content (AvgIpc) is 2.46. The Hall–Kier alpha value is -0.0400. The van der Waals surface area contributed by atoms with Gasteiger partial charge >= 0.3 is 0 Å². The van der Waals surface area contributed by atoms with Crippen LogP contribution in [0, 0.1) is 0 Å². The van der Waals surface area contributed by atoms with Crippen molar-refractivity contribution in [3.8, 4) is 0 Å². The second-order valence-electron chi connectivity index (χ2n) is 4.48. The van der Waals surface area contributed by atoms with E-state index >= 15 is 0 Å². The molecule has 1 aliphatic rings. The number of rotatable bonds is 5. The summed E-state index contributed by atoms with van der Waals surface area (Å²) < 4.78 is 0. The molecule has 0 spiro atoms. The van der Waals surface area contributed by atoms with Crippen LogP contribution in [0.5, 0.6) is 0 Å². The molecule has 0 aromatic heterocycles. The smallest absolute Gasteiger partial charge is 0.00957 e. The summed E-state index contributed by atoms with van der Waals surface area (Å²) in [5, 5.41) is 0. The third kappa shape index (κ3) is 2.98. The van der Waals surface area contributed by atoms with Crippen molar-refractivity contribution in [1.29, 1.82) is 0 Å². The molecule has 2 unspecified atom stereocenters. The number of likely N-dealkylation sites (tertiary alicyclic amines) is 1. The zero-order valence-electron chi connectivity index (χ0n) is 9.55. The summed E-state index contributed by atoms with van der Waals surface area (Å²) in [4.78, 5) is 2.64. The fourth-order valence-corrected chi connectivity index (χ4v) is 2.56. The maximum absolute atomic E-state index is 2.64. The van der Waals surface area contributed by atoms with Gasteiger partial charge in [-0.25, -0.2) is 0 Å². The first-order chi connectivity index (χ1) is 6.29. The third-order valence-corrected chi connectivity index (χ3v) is 3.50. The lowest BCUT2D eigenvalue weighted by atomic mass is 10.1. The average molecular weight is 183 g/mol. The minimum absolute atomic E-state index is 0.895. The Bertz CT molecular complexity index is 133. The molecule has 0 aromatic carbocycles. The summed E-state index contributed by atoms with van der Waals surface area (Å²) in [6, 6.07) is 1.79. The molecule has 1 nitrogen and oxygen atoms in total. The Labute approximate surface area is 83.5 Å². The van der Waals surface area contributed by atoms with Crippen LogP contribution in [0.1, 0.15) is 58.8 Å². The van der Waals surface area contributed by atoms with E-state index in [0.717, 1.165) is 12.1 Å². The van der Waals surface area contributed by atoms with E-state index in [4.69, 9.17) is 0 Å². The molecule has 0 radical (unpaired) electrons. The number of hydrogen-bond donors (Lipinski definition) is 0. The number of nitrogens with zero attached hydrogens (tertiary/aromatic N) is 1. The molecule has 0 N–H and O–H groups in total. The van der Waals surface area contributed by atoms with Crippen molar-refractivity contribution in [2.75, 3.05) is 7.05 Å². The summed E-state index contributed by atoms with van der Waals surface area (Å²) >= 11 is 0. The van der Waals surface area contributed by atoms with E-state index in [1.807, 2.05) is 0 Å². The Morgan fingerprint density at radius 2 is 1.62 bits per heavy atom. The van der Waals surface area contributed by atoms with Crippen LogP contribution in [0.3, 0.4) is 0 Å². The Balaban J connectivity index is 2.27. The minimum atomic E-state index is 0.895.